The van der Waals surface area contributed by atoms with E-state index in [0.717, 1.165) is 6.07 Å². The SMILES string of the molecule is CO[SiH](OC)OCCCc1cc(F)cc(F)c1. The van der Waals surface area contributed by atoms with Crippen molar-refractivity contribution in [3.63, 3.8) is 0 Å². The highest BCUT2D eigenvalue weighted by atomic mass is 28.3. The van der Waals surface area contributed by atoms with E-state index in [4.69, 9.17) is 13.3 Å². The monoisotopic (exact) mass is 262 g/mol. The number of rotatable bonds is 7. The fourth-order valence-electron chi connectivity index (χ4n) is 1.44. The Balaban J connectivity index is 2.31. The van der Waals surface area contributed by atoms with Gasteiger partial charge >= 0.3 is 9.53 Å². The van der Waals surface area contributed by atoms with Crippen LogP contribution in [0, 0.1) is 11.6 Å². The molecule has 0 aliphatic rings. The first-order chi connectivity index (χ1) is 8.15. The summed E-state index contributed by atoms with van der Waals surface area (Å²) in [5.41, 5.74) is 0.624. The Morgan fingerprint density at radius 2 is 1.65 bits per heavy atom. The second-order valence-corrected chi connectivity index (χ2v) is 5.37. The van der Waals surface area contributed by atoms with Crippen LogP contribution in [0.1, 0.15) is 12.0 Å². The number of benzene rings is 1. The molecule has 0 fully saturated rings. The fraction of sp³-hybridized carbons (Fsp3) is 0.455. The van der Waals surface area contributed by atoms with Crippen LogP contribution >= 0.6 is 0 Å². The molecule has 1 aromatic carbocycles. The van der Waals surface area contributed by atoms with Crippen LogP contribution in [0.3, 0.4) is 0 Å². The lowest BCUT2D eigenvalue weighted by atomic mass is 10.1. The molecule has 1 aromatic rings. The Kier molecular flexibility index (Phi) is 6.28. The molecule has 0 heterocycles. The molecular formula is C11H16F2O3Si. The highest BCUT2D eigenvalue weighted by molar-refractivity contribution is 6.36. The molecule has 0 atom stereocenters. The van der Waals surface area contributed by atoms with Gasteiger partial charge in [0.05, 0.1) is 0 Å². The first-order valence-electron chi connectivity index (χ1n) is 5.28. The lowest BCUT2D eigenvalue weighted by Gasteiger charge is -2.11. The molecule has 3 nitrogen and oxygen atoms in total. The lowest BCUT2D eigenvalue weighted by molar-refractivity contribution is 0.134. The van der Waals surface area contributed by atoms with E-state index in [0.29, 0.717) is 25.0 Å². The van der Waals surface area contributed by atoms with Gasteiger partial charge in [0.1, 0.15) is 11.6 Å². The van der Waals surface area contributed by atoms with Gasteiger partial charge in [0.2, 0.25) is 0 Å². The Morgan fingerprint density at radius 3 is 2.18 bits per heavy atom. The molecular weight excluding hydrogens is 246 g/mol. The van der Waals surface area contributed by atoms with E-state index in [1.165, 1.54) is 26.4 Å². The minimum absolute atomic E-state index is 0.455. The minimum atomic E-state index is -1.99. The molecule has 17 heavy (non-hydrogen) atoms. The molecule has 96 valence electrons. The summed E-state index contributed by atoms with van der Waals surface area (Å²) in [7, 11) is 1.07. The predicted octanol–water partition coefficient (Wildman–Crippen LogP) is 1.92. The standard InChI is InChI=1S/C11H16F2O3Si/c1-14-17(15-2)16-5-3-4-9-6-10(12)8-11(13)7-9/h6-8,17H,3-5H2,1-2H3. The van der Waals surface area contributed by atoms with Crippen LogP contribution in [0.4, 0.5) is 8.78 Å². The third-order valence-corrected chi connectivity index (χ3v) is 3.45. The maximum atomic E-state index is 12.9. The molecule has 0 N–H and O–H groups in total. The summed E-state index contributed by atoms with van der Waals surface area (Å²) in [5, 5.41) is 0. The summed E-state index contributed by atoms with van der Waals surface area (Å²) in [6.07, 6.45) is 1.22. The molecule has 0 saturated heterocycles. The van der Waals surface area contributed by atoms with Gasteiger partial charge in [-0.3, -0.25) is 0 Å². The Morgan fingerprint density at radius 1 is 1.06 bits per heavy atom. The fourth-order valence-corrected chi connectivity index (χ4v) is 2.27. The summed E-state index contributed by atoms with van der Waals surface area (Å²) in [5.74, 6) is -1.11. The van der Waals surface area contributed by atoms with Crippen molar-refractivity contribution < 1.29 is 22.1 Å². The molecule has 0 unspecified atom stereocenters. The van der Waals surface area contributed by atoms with E-state index in [9.17, 15) is 8.78 Å². The van der Waals surface area contributed by atoms with Crippen molar-refractivity contribution in [1.82, 2.24) is 0 Å². The number of aryl methyl sites for hydroxylation is 1. The number of hydrogen-bond acceptors (Lipinski definition) is 3. The van der Waals surface area contributed by atoms with Gasteiger partial charge in [-0.25, -0.2) is 8.78 Å². The zero-order valence-corrected chi connectivity index (χ0v) is 11.1. The maximum Gasteiger partial charge on any atom is 0.483 e. The summed E-state index contributed by atoms with van der Waals surface area (Å²) in [4.78, 5) is 0. The van der Waals surface area contributed by atoms with Crippen molar-refractivity contribution in [3.8, 4) is 0 Å². The molecule has 1 rings (SSSR count). The van der Waals surface area contributed by atoms with Gasteiger partial charge in [0.25, 0.3) is 0 Å². The average molecular weight is 262 g/mol. The van der Waals surface area contributed by atoms with Crippen LogP contribution in [0.15, 0.2) is 18.2 Å². The highest BCUT2D eigenvalue weighted by Gasteiger charge is 2.09. The van der Waals surface area contributed by atoms with Gasteiger partial charge in [0, 0.05) is 26.9 Å². The Labute approximate surface area is 101 Å². The topological polar surface area (TPSA) is 27.7 Å². The second-order valence-electron chi connectivity index (χ2n) is 3.51. The molecule has 0 aliphatic heterocycles. The zero-order valence-electron chi connectivity index (χ0n) is 9.91. The second kappa shape index (κ2) is 7.49. The van der Waals surface area contributed by atoms with Gasteiger partial charge in [0.15, 0.2) is 0 Å². The molecule has 0 amide bonds. The summed E-state index contributed by atoms with van der Waals surface area (Å²) < 4.78 is 41.0. The minimum Gasteiger partial charge on any atom is -0.379 e. The van der Waals surface area contributed by atoms with Gasteiger partial charge in [-0.2, -0.15) is 0 Å². The van der Waals surface area contributed by atoms with E-state index in [2.05, 4.69) is 0 Å². The van der Waals surface area contributed by atoms with E-state index in [-0.39, 0.29) is 0 Å². The van der Waals surface area contributed by atoms with Crippen LogP contribution in [0.5, 0.6) is 0 Å². The van der Waals surface area contributed by atoms with Crippen LogP contribution in [-0.4, -0.2) is 30.4 Å². The molecule has 0 aliphatic carbocycles. The number of hydrogen-bond donors (Lipinski definition) is 0. The molecule has 0 bridgehead atoms. The largest absolute Gasteiger partial charge is 0.483 e. The predicted molar refractivity (Wildman–Crippen MR) is 61.8 cm³/mol. The summed E-state index contributed by atoms with van der Waals surface area (Å²) in [6, 6.07) is 3.51. The average Bonchev–Trinajstić information content (AvgIpc) is 2.28. The van der Waals surface area contributed by atoms with Crippen LogP contribution in [-0.2, 0) is 19.7 Å². The van der Waals surface area contributed by atoms with Crippen molar-refractivity contribution >= 4 is 9.53 Å². The van der Waals surface area contributed by atoms with Crippen molar-refractivity contribution in [1.29, 1.82) is 0 Å². The molecule has 0 aromatic heterocycles. The van der Waals surface area contributed by atoms with Gasteiger partial charge in [-0.05, 0) is 30.5 Å². The molecule has 0 radical (unpaired) electrons. The maximum absolute atomic E-state index is 12.9. The van der Waals surface area contributed by atoms with Crippen LogP contribution in [0.2, 0.25) is 0 Å². The summed E-state index contributed by atoms with van der Waals surface area (Å²) >= 11 is 0. The van der Waals surface area contributed by atoms with Gasteiger partial charge < -0.3 is 13.3 Å². The molecule has 6 heteroatoms. The molecule has 0 saturated carbocycles. The van der Waals surface area contributed by atoms with Crippen molar-refractivity contribution in [2.24, 2.45) is 0 Å². The first kappa shape index (κ1) is 14.2. The van der Waals surface area contributed by atoms with E-state index >= 15 is 0 Å². The van der Waals surface area contributed by atoms with E-state index in [1.54, 1.807) is 0 Å². The quantitative estimate of drug-likeness (QED) is 0.555. The normalized spacial score (nSPS) is 11.1. The first-order valence-corrected chi connectivity index (χ1v) is 6.69. The van der Waals surface area contributed by atoms with E-state index in [1.807, 2.05) is 0 Å². The third-order valence-electron chi connectivity index (χ3n) is 2.17. The van der Waals surface area contributed by atoms with Gasteiger partial charge in [-0.1, -0.05) is 0 Å². The van der Waals surface area contributed by atoms with E-state index < -0.39 is 21.2 Å². The summed E-state index contributed by atoms with van der Waals surface area (Å²) in [6.45, 7) is 0.455. The highest BCUT2D eigenvalue weighted by Crippen LogP contribution is 2.10. The van der Waals surface area contributed by atoms with Crippen molar-refractivity contribution in [3.05, 3.63) is 35.4 Å². The van der Waals surface area contributed by atoms with Crippen molar-refractivity contribution in [2.45, 2.75) is 12.8 Å². The third kappa shape index (κ3) is 5.36. The molecule has 0 spiro atoms. The Bertz CT molecular complexity index is 325. The van der Waals surface area contributed by atoms with Gasteiger partial charge in [-0.15, -0.1) is 0 Å². The van der Waals surface area contributed by atoms with Crippen molar-refractivity contribution in [2.75, 3.05) is 20.8 Å². The lowest BCUT2D eigenvalue weighted by Crippen LogP contribution is -2.24. The Hall–Kier alpha value is -0.823. The number of halogens is 2. The zero-order chi connectivity index (χ0) is 12.7. The van der Waals surface area contributed by atoms with Crippen LogP contribution in [0.25, 0.3) is 0 Å². The van der Waals surface area contributed by atoms with Crippen LogP contribution < -0.4 is 0 Å². The smallest absolute Gasteiger partial charge is 0.379 e.